The summed E-state index contributed by atoms with van der Waals surface area (Å²) in [7, 11) is 1.59. The van der Waals surface area contributed by atoms with Gasteiger partial charge >= 0.3 is 0 Å². The SMILES string of the molecule is CCC(C)(C)Oc1cc(N)nc(COC)n1. The summed E-state index contributed by atoms with van der Waals surface area (Å²) in [6, 6.07) is 1.62. The predicted octanol–water partition coefficient (Wildman–Crippen LogP) is 1.77. The van der Waals surface area contributed by atoms with Gasteiger partial charge in [0.25, 0.3) is 0 Å². The highest BCUT2D eigenvalue weighted by Gasteiger charge is 2.18. The first-order valence-corrected chi connectivity index (χ1v) is 5.28. The number of nitrogens with two attached hydrogens (primary N) is 1. The van der Waals surface area contributed by atoms with Crippen molar-refractivity contribution in [2.75, 3.05) is 12.8 Å². The molecule has 0 aliphatic heterocycles. The summed E-state index contributed by atoms with van der Waals surface area (Å²) in [6.45, 7) is 6.39. The van der Waals surface area contributed by atoms with Crippen LogP contribution in [0, 0.1) is 0 Å². The molecule has 0 atom stereocenters. The van der Waals surface area contributed by atoms with Crippen molar-refractivity contribution in [2.45, 2.75) is 39.4 Å². The zero-order valence-electron chi connectivity index (χ0n) is 10.3. The molecule has 1 aromatic heterocycles. The van der Waals surface area contributed by atoms with Crippen LogP contribution in [0.3, 0.4) is 0 Å². The molecule has 0 saturated heterocycles. The Balaban J connectivity index is 2.87. The minimum absolute atomic E-state index is 0.259. The Labute approximate surface area is 96.0 Å². The summed E-state index contributed by atoms with van der Waals surface area (Å²) in [5, 5.41) is 0. The summed E-state index contributed by atoms with van der Waals surface area (Å²) in [6.07, 6.45) is 0.885. The van der Waals surface area contributed by atoms with Crippen LogP contribution in [0.15, 0.2) is 6.07 Å². The first kappa shape index (κ1) is 12.7. The van der Waals surface area contributed by atoms with Crippen molar-refractivity contribution in [3.63, 3.8) is 0 Å². The standard InChI is InChI=1S/C11H19N3O2/c1-5-11(2,3)16-10-6-8(12)13-9(14-10)7-15-4/h6H,5,7H2,1-4H3,(H2,12,13,14). The summed E-state index contributed by atoms with van der Waals surface area (Å²) in [5.41, 5.74) is 5.40. The number of hydrogen-bond acceptors (Lipinski definition) is 5. The Morgan fingerprint density at radius 1 is 1.38 bits per heavy atom. The molecule has 90 valence electrons. The van der Waals surface area contributed by atoms with Gasteiger partial charge in [0, 0.05) is 13.2 Å². The predicted molar refractivity (Wildman–Crippen MR) is 62.2 cm³/mol. The molecule has 2 N–H and O–H groups in total. The second kappa shape index (κ2) is 5.12. The lowest BCUT2D eigenvalue weighted by atomic mass is 10.1. The molecule has 0 aliphatic rings. The maximum Gasteiger partial charge on any atom is 0.219 e. The molecule has 0 aromatic carbocycles. The molecule has 0 saturated carbocycles. The average Bonchev–Trinajstić information content (AvgIpc) is 2.16. The normalized spacial score (nSPS) is 11.5. The van der Waals surface area contributed by atoms with Gasteiger partial charge in [-0.15, -0.1) is 0 Å². The quantitative estimate of drug-likeness (QED) is 0.827. The minimum atomic E-state index is -0.259. The highest BCUT2D eigenvalue weighted by atomic mass is 16.5. The van der Waals surface area contributed by atoms with E-state index in [0.29, 0.717) is 24.1 Å². The van der Waals surface area contributed by atoms with Gasteiger partial charge in [-0.2, -0.15) is 4.98 Å². The average molecular weight is 225 g/mol. The summed E-state index contributed by atoms with van der Waals surface area (Å²) in [5.74, 6) is 1.42. The number of nitrogen functional groups attached to an aromatic ring is 1. The van der Waals surface area contributed by atoms with Crippen molar-refractivity contribution in [3.05, 3.63) is 11.9 Å². The van der Waals surface area contributed by atoms with Gasteiger partial charge in [-0.25, -0.2) is 4.98 Å². The molecule has 5 nitrogen and oxygen atoms in total. The Kier molecular flexibility index (Phi) is 4.06. The van der Waals surface area contributed by atoms with E-state index in [-0.39, 0.29) is 5.60 Å². The molecule has 16 heavy (non-hydrogen) atoms. The van der Waals surface area contributed by atoms with Crippen molar-refractivity contribution >= 4 is 5.82 Å². The van der Waals surface area contributed by atoms with Gasteiger partial charge in [-0.05, 0) is 20.3 Å². The van der Waals surface area contributed by atoms with Crippen LogP contribution in [-0.2, 0) is 11.3 Å². The van der Waals surface area contributed by atoms with E-state index in [4.69, 9.17) is 15.2 Å². The Morgan fingerprint density at radius 2 is 2.06 bits per heavy atom. The van der Waals surface area contributed by atoms with Gasteiger partial charge in [-0.1, -0.05) is 6.92 Å². The molecule has 0 aliphatic carbocycles. The largest absolute Gasteiger partial charge is 0.472 e. The van der Waals surface area contributed by atoms with Gasteiger partial charge in [0.1, 0.15) is 18.0 Å². The van der Waals surface area contributed by atoms with E-state index in [2.05, 4.69) is 16.9 Å². The van der Waals surface area contributed by atoms with E-state index in [1.165, 1.54) is 0 Å². The molecule has 1 rings (SSSR count). The van der Waals surface area contributed by atoms with Crippen molar-refractivity contribution in [1.29, 1.82) is 0 Å². The maximum absolute atomic E-state index is 5.73. The van der Waals surface area contributed by atoms with E-state index >= 15 is 0 Å². The van der Waals surface area contributed by atoms with E-state index < -0.39 is 0 Å². The molecule has 1 heterocycles. The molecule has 1 aromatic rings. The summed E-state index contributed by atoms with van der Waals surface area (Å²) < 4.78 is 10.7. The van der Waals surface area contributed by atoms with Crippen molar-refractivity contribution < 1.29 is 9.47 Å². The van der Waals surface area contributed by atoms with Crippen molar-refractivity contribution in [1.82, 2.24) is 9.97 Å². The van der Waals surface area contributed by atoms with E-state index in [9.17, 15) is 0 Å². The lowest BCUT2D eigenvalue weighted by Crippen LogP contribution is -2.27. The first-order valence-electron chi connectivity index (χ1n) is 5.28. The highest BCUT2D eigenvalue weighted by molar-refractivity contribution is 5.33. The molecule has 5 heteroatoms. The van der Waals surface area contributed by atoms with E-state index in [1.54, 1.807) is 13.2 Å². The molecule has 0 unspecified atom stereocenters. The molecule has 0 radical (unpaired) electrons. The number of hydrogen-bond donors (Lipinski definition) is 1. The molecule has 0 fully saturated rings. The van der Waals surface area contributed by atoms with Crippen LogP contribution < -0.4 is 10.5 Å². The van der Waals surface area contributed by atoms with Crippen LogP contribution in [0.1, 0.15) is 33.0 Å². The van der Waals surface area contributed by atoms with Crippen LogP contribution >= 0.6 is 0 Å². The van der Waals surface area contributed by atoms with Gasteiger partial charge in [0.2, 0.25) is 5.88 Å². The van der Waals surface area contributed by atoms with E-state index in [0.717, 1.165) is 6.42 Å². The van der Waals surface area contributed by atoms with E-state index in [1.807, 2.05) is 13.8 Å². The zero-order valence-corrected chi connectivity index (χ0v) is 10.3. The Hall–Kier alpha value is -1.36. The number of ether oxygens (including phenoxy) is 2. The minimum Gasteiger partial charge on any atom is -0.472 e. The second-order valence-corrected chi connectivity index (χ2v) is 4.20. The van der Waals surface area contributed by atoms with Crippen LogP contribution in [0.4, 0.5) is 5.82 Å². The zero-order chi connectivity index (χ0) is 12.2. The van der Waals surface area contributed by atoms with Gasteiger partial charge in [-0.3, -0.25) is 0 Å². The van der Waals surface area contributed by atoms with Crippen LogP contribution in [-0.4, -0.2) is 22.7 Å². The maximum atomic E-state index is 5.73. The fourth-order valence-corrected chi connectivity index (χ4v) is 1.09. The lowest BCUT2D eigenvalue weighted by Gasteiger charge is -2.24. The Bertz CT molecular complexity index is 353. The van der Waals surface area contributed by atoms with Crippen LogP contribution in [0.5, 0.6) is 5.88 Å². The molecular formula is C11H19N3O2. The molecule has 0 spiro atoms. The smallest absolute Gasteiger partial charge is 0.219 e. The third-order valence-corrected chi connectivity index (χ3v) is 2.27. The molecule has 0 bridgehead atoms. The van der Waals surface area contributed by atoms with Crippen molar-refractivity contribution in [3.8, 4) is 5.88 Å². The lowest BCUT2D eigenvalue weighted by molar-refractivity contribution is 0.0972. The highest BCUT2D eigenvalue weighted by Crippen LogP contribution is 2.20. The first-order chi connectivity index (χ1) is 7.46. The fourth-order valence-electron chi connectivity index (χ4n) is 1.09. The number of rotatable bonds is 5. The van der Waals surface area contributed by atoms with Gasteiger partial charge in [0.05, 0.1) is 0 Å². The second-order valence-electron chi connectivity index (χ2n) is 4.20. The molecule has 0 amide bonds. The van der Waals surface area contributed by atoms with Crippen LogP contribution in [0.25, 0.3) is 0 Å². The Morgan fingerprint density at radius 3 is 2.62 bits per heavy atom. The van der Waals surface area contributed by atoms with Crippen LogP contribution in [0.2, 0.25) is 0 Å². The third kappa shape index (κ3) is 3.66. The number of anilines is 1. The van der Waals surface area contributed by atoms with Gasteiger partial charge < -0.3 is 15.2 Å². The fraction of sp³-hybridized carbons (Fsp3) is 0.636. The van der Waals surface area contributed by atoms with Crippen molar-refractivity contribution in [2.24, 2.45) is 0 Å². The number of nitrogens with zero attached hydrogens (tertiary/aromatic N) is 2. The van der Waals surface area contributed by atoms with Gasteiger partial charge in [0.15, 0.2) is 5.82 Å². The number of aromatic nitrogens is 2. The molecular weight excluding hydrogens is 206 g/mol. The monoisotopic (exact) mass is 225 g/mol. The summed E-state index contributed by atoms with van der Waals surface area (Å²) in [4.78, 5) is 8.26. The topological polar surface area (TPSA) is 70.3 Å². The summed E-state index contributed by atoms with van der Waals surface area (Å²) >= 11 is 0. The number of methoxy groups -OCH3 is 1. The third-order valence-electron chi connectivity index (χ3n) is 2.27.